The van der Waals surface area contributed by atoms with E-state index in [1.54, 1.807) is 18.3 Å². The molecule has 2 aromatic heterocycles. The number of benzene rings is 3. The standard InChI is InChI=1S/C26H21F3N4O2S/c1-14(2)15-3-6-17(7-4-15)36(34,35)13-16-5-10-20(27)21(22(16)28)18-8-9-19-24(23(18)29)32-33-25(19)26-30-11-12-31-26/h3-12,14H,13H2,1-2H3,(H,30,31)(H,32,33). The minimum Gasteiger partial charge on any atom is -0.343 e. The van der Waals surface area contributed by atoms with E-state index >= 15 is 8.78 Å². The van der Waals surface area contributed by atoms with E-state index in [2.05, 4.69) is 20.2 Å². The lowest BCUT2D eigenvalue weighted by molar-refractivity contribution is 0.570. The van der Waals surface area contributed by atoms with E-state index in [4.69, 9.17) is 0 Å². The van der Waals surface area contributed by atoms with Crippen LogP contribution in [0.2, 0.25) is 0 Å². The van der Waals surface area contributed by atoms with Crippen molar-refractivity contribution in [2.45, 2.75) is 30.4 Å². The summed E-state index contributed by atoms with van der Waals surface area (Å²) in [7, 11) is -3.94. The Morgan fingerprint density at radius 1 is 0.944 bits per heavy atom. The molecule has 0 aliphatic carbocycles. The molecule has 6 nitrogen and oxygen atoms in total. The lowest BCUT2D eigenvalue weighted by atomic mass is 9.99. The molecule has 0 unspecified atom stereocenters. The zero-order valence-corrected chi connectivity index (χ0v) is 20.1. The predicted octanol–water partition coefficient (Wildman–Crippen LogP) is 6.13. The molecule has 0 saturated carbocycles. The summed E-state index contributed by atoms with van der Waals surface area (Å²) < 4.78 is 71.7. The third kappa shape index (κ3) is 4.07. The average molecular weight is 511 g/mol. The van der Waals surface area contributed by atoms with Crippen LogP contribution < -0.4 is 0 Å². The van der Waals surface area contributed by atoms with Gasteiger partial charge in [0.15, 0.2) is 21.5 Å². The highest BCUT2D eigenvalue weighted by molar-refractivity contribution is 7.90. The van der Waals surface area contributed by atoms with Crippen LogP contribution in [0, 0.1) is 17.5 Å². The molecular formula is C26H21F3N4O2S. The molecule has 5 aromatic rings. The number of H-pyrrole nitrogens is 2. The van der Waals surface area contributed by atoms with Gasteiger partial charge in [0.1, 0.15) is 22.8 Å². The molecule has 10 heteroatoms. The van der Waals surface area contributed by atoms with Crippen LogP contribution in [-0.4, -0.2) is 28.6 Å². The van der Waals surface area contributed by atoms with Crippen LogP contribution in [0.5, 0.6) is 0 Å². The number of nitrogens with one attached hydrogen (secondary N) is 2. The molecule has 3 aromatic carbocycles. The van der Waals surface area contributed by atoms with Gasteiger partial charge in [-0.25, -0.2) is 26.6 Å². The van der Waals surface area contributed by atoms with Crippen LogP contribution >= 0.6 is 0 Å². The van der Waals surface area contributed by atoms with Gasteiger partial charge < -0.3 is 4.98 Å². The molecule has 2 N–H and O–H groups in total. The fourth-order valence-electron chi connectivity index (χ4n) is 4.13. The maximum atomic E-state index is 15.5. The van der Waals surface area contributed by atoms with Crippen molar-refractivity contribution in [2.75, 3.05) is 0 Å². The fourth-order valence-corrected chi connectivity index (χ4v) is 5.48. The second-order valence-corrected chi connectivity index (χ2v) is 10.7. The van der Waals surface area contributed by atoms with Gasteiger partial charge in [-0.3, -0.25) is 5.10 Å². The maximum absolute atomic E-state index is 15.5. The number of imidazole rings is 1. The number of sulfone groups is 1. The summed E-state index contributed by atoms with van der Waals surface area (Å²) in [5.74, 6) is -3.16. The number of fused-ring (bicyclic) bond motifs is 1. The Labute approximate surface area is 205 Å². The molecule has 0 fully saturated rings. The van der Waals surface area contributed by atoms with Gasteiger partial charge in [-0.1, -0.05) is 38.1 Å². The number of aromatic nitrogens is 4. The molecule has 0 spiro atoms. The highest BCUT2D eigenvalue weighted by Crippen LogP contribution is 2.36. The van der Waals surface area contributed by atoms with E-state index in [1.165, 1.54) is 30.5 Å². The molecule has 0 bridgehead atoms. The van der Waals surface area contributed by atoms with E-state index in [9.17, 15) is 12.8 Å². The molecule has 0 saturated heterocycles. The van der Waals surface area contributed by atoms with Gasteiger partial charge in [0.25, 0.3) is 0 Å². The fraction of sp³-hybridized carbons (Fsp3) is 0.154. The van der Waals surface area contributed by atoms with Crippen LogP contribution in [0.15, 0.2) is 65.8 Å². The first kappa shape index (κ1) is 23.8. The lowest BCUT2D eigenvalue weighted by Crippen LogP contribution is -2.08. The minimum absolute atomic E-state index is 0.0201. The number of rotatable bonds is 6. The summed E-state index contributed by atoms with van der Waals surface area (Å²) in [5, 5.41) is 7.02. The largest absolute Gasteiger partial charge is 0.343 e. The van der Waals surface area contributed by atoms with Crippen LogP contribution in [-0.2, 0) is 15.6 Å². The lowest BCUT2D eigenvalue weighted by Gasteiger charge is -2.12. The molecule has 2 heterocycles. The van der Waals surface area contributed by atoms with E-state index in [0.717, 1.165) is 17.7 Å². The topological polar surface area (TPSA) is 91.5 Å². The molecular weight excluding hydrogens is 489 g/mol. The first-order chi connectivity index (χ1) is 17.2. The zero-order chi connectivity index (χ0) is 25.6. The third-order valence-corrected chi connectivity index (χ3v) is 7.77. The van der Waals surface area contributed by atoms with Crippen molar-refractivity contribution < 1.29 is 21.6 Å². The summed E-state index contributed by atoms with van der Waals surface area (Å²) in [5.41, 5.74) is -0.0261. The van der Waals surface area contributed by atoms with Gasteiger partial charge in [-0.15, -0.1) is 0 Å². The van der Waals surface area contributed by atoms with Crippen LogP contribution in [0.25, 0.3) is 33.5 Å². The summed E-state index contributed by atoms with van der Waals surface area (Å²) in [4.78, 5) is 7.01. The number of nitrogens with zero attached hydrogens (tertiary/aromatic N) is 2. The second kappa shape index (κ2) is 8.94. The quantitative estimate of drug-likeness (QED) is 0.287. The molecule has 184 valence electrons. The predicted molar refractivity (Wildman–Crippen MR) is 130 cm³/mol. The van der Waals surface area contributed by atoms with Crippen molar-refractivity contribution in [2.24, 2.45) is 0 Å². The summed E-state index contributed by atoms with van der Waals surface area (Å²) in [6.45, 7) is 3.96. The third-order valence-electron chi connectivity index (χ3n) is 6.09. The molecule has 36 heavy (non-hydrogen) atoms. The molecule has 0 amide bonds. The number of hydrogen-bond acceptors (Lipinski definition) is 4. The van der Waals surface area contributed by atoms with Crippen molar-refractivity contribution in [3.05, 3.63) is 89.5 Å². The van der Waals surface area contributed by atoms with Gasteiger partial charge >= 0.3 is 0 Å². The van der Waals surface area contributed by atoms with Crippen molar-refractivity contribution in [3.63, 3.8) is 0 Å². The molecule has 0 atom stereocenters. The minimum atomic E-state index is -3.94. The number of aromatic amines is 2. The SMILES string of the molecule is CC(C)c1ccc(S(=O)(=O)Cc2ccc(F)c(-c3ccc4c(-c5ncc[nH]5)[nH]nc4c3F)c2F)cc1. The monoisotopic (exact) mass is 510 g/mol. The second-order valence-electron chi connectivity index (χ2n) is 8.74. The van der Waals surface area contributed by atoms with Crippen LogP contribution in [0.1, 0.15) is 30.9 Å². The van der Waals surface area contributed by atoms with Crippen molar-refractivity contribution >= 4 is 20.7 Å². The van der Waals surface area contributed by atoms with Gasteiger partial charge in [0.2, 0.25) is 0 Å². The summed E-state index contributed by atoms with van der Waals surface area (Å²) in [6.07, 6.45) is 3.12. The van der Waals surface area contributed by atoms with Gasteiger partial charge in [0, 0.05) is 28.9 Å². The Balaban J connectivity index is 1.55. The first-order valence-electron chi connectivity index (χ1n) is 11.1. The van der Waals surface area contributed by atoms with E-state index < -0.39 is 38.6 Å². The maximum Gasteiger partial charge on any atom is 0.182 e. The van der Waals surface area contributed by atoms with Crippen LogP contribution in [0.3, 0.4) is 0 Å². The molecule has 0 aliphatic rings. The van der Waals surface area contributed by atoms with Crippen LogP contribution in [0.4, 0.5) is 13.2 Å². The highest BCUT2D eigenvalue weighted by atomic mass is 32.2. The van der Waals surface area contributed by atoms with E-state index in [0.29, 0.717) is 16.9 Å². The van der Waals surface area contributed by atoms with E-state index in [-0.39, 0.29) is 27.5 Å². The normalized spacial score (nSPS) is 12.1. The Morgan fingerprint density at radius 3 is 2.36 bits per heavy atom. The molecule has 0 aliphatic heterocycles. The Morgan fingerprint density at radius 2 is 1.69 bits per heavy atom. The van der Waals surface area contributed by atoms with Crippen molar-refractivity contribution in [3.8, 4) is 22.6 Å². The molecule has 0 radical (unpaired) electrons. The number of hydrogen-bond donors (Lipinski definition) is 2. The summed E-state index contributed by atoms with van der Waals surface area (Å²) >= 11 is 0. The van der Waals surface area contributed by atoms with E-state index in [1.807, 2.05) is 13.8 Å². The Bertz CT molecular complexity index is 1680. The van der Waals surface area contributed by atoms with Gasteiger partial charge in [-0.2, -0.15) is 5.10 Å². The van der Waals surface area contributed by atoms with Crippen molar-refractivity contribution in [1.29, 1.82) is 0 Å². The Hall–Kier alpha value is -3.92. The highest BCUT2D eigenvalue weighted by Gasteiger charge is 2.25. The smallest absolute Gasteiger partial charge is 0.182 e. The van der Waals surface area contributed by atoms with Crippen molar-refractivity contribution in [1.82, 2.24) is 20.2 Å². The first-order valence-corrected chi connectivity index (χ1v) is 12.8. The zero-order valence-electron chi connectivity index (χ0n) is 19.3. The van der Waals surface area contributed by atoms with Gasteiger partial charge in [0.05, 0.1) is 16.2 Å². The summed E-state index contributed by atoms with van der Waals surface area (Å²) in [6, 6.07) is 11.1. The average Bonchev–Trinajstić information content (AvgIpc) is 3.52. The van der Waals surface area contributed by atoms with Gasteiger partial charge in [-0.05, 0) is 35.7 Å². The molecule has 5 rings (SSSR count). The number of halogens is 3. The Kier molecular flexibility index (Phi) is 5.91.